The largest absolute Gasteiger partial charge is 0.493 e. The van der Waals surface area contributed by atoms with E-state index >= 15 is 0 Å². The maximum Gasteiger partial charge on any atom is 0.417 e. The van der Waals surface area contributed by atoms with Crippen molar-refractivity contribution in [1.29, 1.82) is 0 Å². The van der Waals surface area contributed by atoms with Crippen LogP contribution >= 0.6 is 0 Å². The Morgan fingerprint density at radius 1 is 1.27 bits per heavy atom. The zero-order valence-electron chi connectivity index (χ0n) is 17.5. The summed E-state index contributed by atoms with van der Waals surface area (Å²) in [5.41, 5.74) is -2.37. The predicted octanol–water partition coefficient (Wildman–Crippen LogP) is 3.49. The van der Waals surface area contributed by atoms with Gasteiger partial charge in [-0.15, -0.1) is 5.10 Å². The Morgan fingerprint density at radius 2 is 2.00 bits per heavy atom. The average molecular weight is 471 g/mol. The maximum atomic E-state index is 14.4. The highest BCUT2D eigenvalue weighted by Gasteiger charge is 2.65. The van der Waals surface area contributed by atoms with Gasteiger partial charge in [0.05, 0.1) is 7.11 Å². The molecular formula is C20H18F5N5O3. The number of rotatable bonds is 4. The highest BCUT2D eigenvalue weighted by molar-refractivity contribution is 5.95. The number of alkyl halides is 3. The van der Waals surface area contributed by atoms with Crippen molar-refractivity contribution in [1.82, 2.24) is 20.0 Å². The zero-order valence-corrected chi connectivity index (χ0v) is 17.5. The third kappa shape index (κ3) is 3.65. The molecule has 2 aromatic heterocycles. The minimum absolute atomic E-state index is 0.117. The summed E-state index contributed by atoms with van der Waals surface area (Å²) >= 11 is 0. The number of anilines is 1. The molecule has 13 heteroatoms. The summed E-state index contributed by atoms with van der Waals surface area (Å²) in [4.78, 5) is 13.1. The fourth-order valence-corrected chi connectivity index (χ4v) is 4.07. The van der Waals surface area contributed by atoms with Gasteiger partial charge in [-0.25, -0.2) is 8.91 Å². The van der Waals surface area contributed by atoms with Crippen LogP contribution in [0, 0.1) is 17.6 Å². The van der Waals surface area contributed by atoms with Crippen molar-refractivity contribution in [3.8, 4) is 5.75 Å². The normalized spacial score (nSPS) is 25.4. The van der Waals surface area contributed by atoms with Crippen molar-refractivity contribution < 1.29 is 36.2 Å². The van der Waals surface area contributed by atoms with Gasteiger partial charge < -0.3 is 14.8 Å². The van der Waals surface area contributed by atoms with E-state index in [1.54, 1.807) is 0 Å². The number of nitrogens with zero attached hydrogens (tertiary/aromatic N) is 4. The minimum atomic E-state index is -4.85. The fourth-order valence-electron chi connectivity index (χ4n) is 4.07. The van der Waals surface area contributed by atoms with Gasteiger partial charge in [-0.05, 0) is 29.5 Å². The first-order chi connectivity index (χ1) is 15.5. The van der Waals surface area contributed by atoms with Crippen molar-refractivity contribution in [2.45, 2.75) is 37.6 Å². The molecule has 1 N–H and O–H groups in total. The summed E-state index contributed by atoms with van der Waals surface area (Å²) in [6.07, 6.45) is -5.10. The van der Waals surface area contributed by atoms with Gasteiger partial charge in [-0.3, -0.25) is 4.79 Å². The summed E-state index contributed by atoms with van der Waals surface area (Å²) in [5, 5.41) is 13.4. The summed E-state index contributed by atoms with van der Waals surface area (Å²) in [5.74, 6) is -6.77. The molecule has 4 atom stereocenters. The van der Waals surface area contributed by atoms with E-state index in [2.05, 4.69) is 20.8 Å². The molecule has 4 rings (SSSR count). The van der Waals surface area contributed by atoms with Crippen LogP contribution < -0.4 is 10.1 Å². The van der Waals surface area contributed by atoms with Gasteiger partial charge in [-0.2, -0.15) is 17.6 Å². The van der Waals surface area contributed by atoms with Crippen molar-refractivity contribution in [2.24, 2.45) is 5.92 Å². The molecule has 1 aromatic carbocycles. The predicted molar refractivity (Wildman–Crippen MR) is 104 cm³/mol. The third-order valence-corrected chi connectivity index (χ3v) is 6.04. The Balaban J connectivity index is 1.76. The minimum Gasteiger partial charge on any atom is -0.493 e. The van der Waals surface area contributed by atoms with Crippen molar-refractivity contribution >= 4 is 17.2 Å². The second kappa shape index (κ2) is 7.90. The second-order valence-corrected chi connectivity index (χ2v) is 7.83. The number of halogens is 5. The molecule has 1 amide bonds. The molecule has 1 fully saturated rings. The second-order valence-electron chi connectivity index (χ2n) is 7.83. The van der Waals surface area contributed by atoms with Gasteiger partial charge in [0, 0.05) is 35.3 Å². The van der Waals surface area contributed by atoms with Gasteiger partial charge in [0.2, 0.25) is 5.82 Å². The molecule has 0 spiro atoms. The molecule has 0 radical (unpaired) electrons. The van der Waals surface area contributed by atoms with Crippen LogP contribution in [0.25, 0.3) is 5.65 Å². The lowest BCUT2D eigenvalue weighted by molar-refractivity contribution is -0.272. The van der Waals surface area contributed by atoms with E-state index in [0.29, 0.717) is 0 Å². The summed E-state index contributed by atoms with van der Waals surface area (Å²) < 4.78 is 81.6. The van der Waals surface area contributed by atoms with Crippen LogP contribution in [0.5, 0.6) is 5.75 Å². The zero-order chi connectivity index (χ0) is 24.1. The van der Waals surface area contributed by atoms with Crippen LogP contribution in [-0.4, -0.2) is 50.9 Å². The summed E-state index contributed by atoms with van der Waals surface area (Å²) in [6.45, 7) is 2.05. The van der Waals surface area contributed by atoms with E-state index in [4.69, 9.17) is 9.47 Å². The first-order valence-corrected chi connectivity index (χ1v) is 9.73. The van der Waals surface area contributed by atoms with Crippen molar-refractivity contribution in [3.05, 3.63) is 47.7 Å². The molecule has 0 unspecified atom stereocenters. The third-order valence-electron chi connectivity index (χ3n) is 6.04. The topological polar surface area (TPSA) is 90.6 Å². The summed E-state index contributed by atoms with van der Waals surface area (Å²) in [6, 6.07) is 4.71. The highest BCUT2D eigenvalue weighted by atomic mass is 19.4. The first-order valence-electron chi connectivity index (χ1n) is 9.73. The van der Waals surface area contributed by atoms with Crippen molar-refractivity contribution in [2.75, 3.05) is 12.4 Å². The Hall–Kier alpha value is -3.35. The van der Waals surface area contributed by atoms with Gasteiger partial charge in [0.25, 0.3) is 5.91 Å². The van der Waals surface area contributed by atoms with E-state index in [1.165, 1.54) is 29.8 Å². The molecule has 0 bridgehead atoms. The number of tetrazole rings is 1. The van der Waals surface area contributed by atoms with Crippen LogP contribution in [0.1, 0.15) is 25.3 Å². The van der Waals surface area contributed by atoms with Gasteiger partial charge in [0.15, 0.2) is 22.8 Å². The molecule has 0 saturated carbocycles. The van der Waals surface area contributed by atoms with Gasteiger partial charge in [0.1, 0.15) is 6.10 Å². The molecule has 1 aliphatic heterocycles. The Bertz CT molecular complexity index is 1220. The number of carbonyl (C=O) groups excluding carboxylic acids is 1. The van der Waals surface area contributed by atoms with Gasteiger partial charge in [-0.1, -0.05) is 13.0 Å². The monoisotopic (exact) mass is 471 g/mol. The van der Waals surface area contributed by atoms with Crippen LogP contribution in [0.2, 0.25) is 0 Å². The smallest absolute Gasteiger partial charge is 0.417 e. The van der Waals surface area contributed by atoms with E-state index < -0.39 is 53.0 Å². The first kappa shape index (κ1) is 22.8. The molecule has 0 aliphatic carbocycles. The molecule has 8 nitrogen and oxygen atoms in total. The Labute approximate surface area is 183 Å². The van der Waals surface area contributed by atoms with Crippen molar-refractivity contribution in [3.63, 3.8) is 0 Å². The van der Waals surface area contributed by atoms with Crippen LogP contribution in [0.15, 0.2) is 30.5 Å². The number of pyridine rings is 1. The standard InChI is InChI=1S/C20H18F5N5O3/c1-9-14(11-4-5-12(21)15(22)16(11)32-3)17(33-19(9,2)20(23,24)25)18(31)26-10-6-7-30-13(8-10)27-28-29-30/h4-9,14,17H,1-3H3,(H,26,31)/t9-,14-,17+,19+/m1/s1. The lowest BCUT2D eigenvalue weighted by Gasteiger charge is -2.32. The maximum absolute atomic E-state index is 14.4. The molecule has 176 valence electrons. The van der Waals surface area contributed by atoms with E-state index in [-0.39, 0.29) is 16.9 Å². The number of amides is 1. The average Bonchev–Trinajstić information content (AvgIpc) is 3.32. The van der Waals surface area contributed by atoms with Crippen LogP contribution in [0.4, 0.5) is 27.6 Å². The lowest BCUT2D eigenvalue weighted by Crippen LogP contribution is -2.47. The number of nitrogens with one attached hydrogen (secondary N) is 1. The number of hydrogen-bond acceptors (Lipinski definition) is 6. The molecule has 1 aliphatic rings. The molecule has 33 heavy (non-hydrogen) atoms. The van der Waals surface area contributed by atoms with E-state index in [1.807, 2.05) is 0 Å². The van der Waals surface area contributed by atoms with Crippen LogP contribution in [0.3, 0.4) is 0 Å². The number of carbonyl (C=O) groups is 1. The number of fused-ring (bicyclic) bond motifs is 1. The lowest BCUT2D eigenvalue weighted by atomic mass is 9.77. The van der Waals surface area contributed by atoms with E-state index in [0.717, 1.165) is 26.2 Å². The van der Waals surface area contributed by atoms with E-state index in [9.17, 15) is 26.7 Å². The summed E-state index contributed by atoms with van der Waals surface area (Å²) in [7, 11) is 1.06. The molecule has 3 heterocycles. The SMILES string of the molecule is COc1c([C@@H]2[C@@H](C(=O)Nc3ccn4nnnc4c3)O[C@](C)(C(F)(F)F)[C@@H]2C)ccc(F)c1F. The van der Waals surface area contributed by atoms with Crippen LogP contribution in [-0.2, 0) is 9.53 Å². The Morgan fingerprint density at radius 3 is 2.67 bits per heavy atom. The molecular weight excluding hydrogens is 453 g/mol. The number of ether oxygens (including phenoxy) is 2. The Kier molecular flexibility index (Phi) is 5.47. The quantitative estimate of drug-likeness (QED) is 0.586. The highest BCUT2D eigenvalue weighted by Crippen LogP contribution is 2.55. The fraction of sp³-hybridized carbons (Fsp3) is 0.400. The number of aromatic nitrogens is 4. The van der Waals surface area contributed by atoms with Gasteiger partial charge >= 0.3 is 6.18 Å². The molecule has 1 saturated heterocycles. The number of hydrogen-bond donors (Lipinski definition) is 1. The number of methoxy groups -OCH3 is 1. The molecule has 3 aromatic rings. The number of benzene rings is 1.